The Morgan fingerprint density at radius 2 is 0.765 bits per heavy atom. The molecule has 104 valence electrons. The molecule has 0 radical (unpaired) electrons. The van der Waals surface area contributed by atoms with E-state index in [0.29, 0.717) is 0 Å². The summed E-state index contributed by atoms with van der Waals surface area (Å²) in [7, 11) is -3.84. The molecule has 0 saturated carbocycles. The van der Waals surface area contributed by atoms with Crippen molar-refractivity contribution in [2.45, 2.75) is 0 Å². The molecule has 9 heteroatoms. The normalized spacial score (nSPS) is 12.0. The van der Waals surface area contributed by atoms with Crippen LogP contribution in [0.2, 0.25) is 0 Å². The van der Waals surface area contributed by atoms with Crippen LogP contribution in [0.15, 0.2) is 0 Å². The van der Waals surface area contributed by atoms with E-state index in [0.717, 1.165) is 0 Å². The van der Waals surface area contributed by atoms with E-state index >= 15 is 0 Å². The second-order valence-corrected chi connectivity index (χ2v) is 4.80. The van der Waals surface area contributed by atoms with Gasteiger partial charge in [0.05, 0.1) is 26.4 Å². The highest BCUT2D eigenvalue weighted by Gasteiger charge is 2.45. The average molecular weight is 280 g/mol. The van der Waals surface area contributed by atoms with Crippen LogP contribution >= 0.6 is 0 Å². The van der Waals surface area contributed by atoms with Crippen LogP contribution in [-0.2, 0) is 17.7 Å². The van der Waals surface area contributed by atoms with Gasteiger partial charge in [0.25, 0.3) is 0 Å². The van der Waals surface area contributed by atoms with Gasteiger partial charge in [-0.1, -0.05) is 0 Å². The van der Waals surface area contributed by atoms with Gasteiger partial charge < -0.3 is 17.7 Å². The standard InChI is InChI=1S/C8H16F4O4Si/c9-1-5-13-17(14-6-2-10,15-7-3-11)16-8-4-12/h1-8H2. The zero-order valence-electron chi connectivity index (χ0n) is 9.30. The molecule has 0 aliphatic heterocycles. The van der Waals surface area contributed by atoms with Crippen molar-refractivity contribution < 1.29 is 35.3 Å². The molecule has 0 amide bonds. The van der Waals surface area contributed by atoms with Crippen LogP contribution in [0.25, 0.3) is 0 Å². The van der Waals surface area contributed by atoms with Crippen molar-refractivity contribution in [3.8, 4) is 0 Å². The minimum Gasteiger partial charge on any atom is -0.348 e. The van der Waals surface area contributed by atoms with Crippen molar-refractivity contribution in [2.75, 3.05) is 53.1 Å². The quantitative estimate of drug-likeness (QED) is 0.400. The molecule has 0 N–H and O–H groups in total. The average Bonchev–Trinajstić information content (AvgIpc) is 2.37. The maximum absolute atomic E-state index is 12.0. The first-order valence-corrected chi connectivity index (χ1v) is 6.67. The summed E-state index contributed by atoms with van der Waals surface area (Å²) in [4.78, 5) is 0. The second-order valence-electron chi connectivity index (χ2n) is 2.65. The van der Waals surface area contributed by atoms with E-state index in [1.807, 2.05) is 0 Å². The molecule has 0 heterocycles. The lowest BCUT2D eigenvalue weighted by Gasteiger charge is -2.26. The van der Waals surface area contributed by atoms with Crippen molar-refractivity contribution in [1.29, 1.82) is 0 Å². The molecule has 0 aromatic heterocycles. The maximum Gasteiger partial charge on any atom is 0.680 e. The molecule has 0 bridgehead atoms. The van der Waals surface area contributed by atoms with Gasteiger partial charge in [-0.05, 0) is 0 Å². The minimum atomic E-state index is -3.84. The molecule has 0 aliphatic carbocycles. The van der Waals surface area contributed by atoms with Gasteiger partial charge in [0.2, 0.25) is 0 Å². The molecular formula is C8H16F4O4Si. The van der Waals surface area contributed by atoms with Gasteiger partial charge in [0.1, 0.15) is 26.7 Å². The Morgan fingerprint density at radius 1 is 0.529 bits per heavy atom. The fraction of sp³-hybridized carbons (Fsp3) is 1.00. The Bertz CT molecular complexity index is 140. The minimum absolute atomic E-state index is 0.406. The van der Waals surface area contributed by atoms with Crippen LogP contribution in [0.5, 0.6) is 0 Å². The van der Waals surface area contributed by atoms with E-state index in [2.05, 4.69) is 0 Å². The van der Waals surface area contributed by atoms with Crippen molar-refractivity contribution >= 4 is 9.05 Å². The highest BCUT2D eigenvalue weighted by atomic mass is 28.4. The highest BCUT2D eigenvalue weighted by molar-refractivity contribution is 6.53. The van der Waals surface area contributed by atoms with Gasteiger partial charge in [0, 0.05) is 0 Å². The number of hydrogen-bond acceptors (Lipinski definition) is 4. The first-order chi connectivity index (χ1) is 8.24. The third-order valence-corrected chi connectivity index (χ3v) is 3.65. The number of hydrogen-bond donors (Lipinski definition) is 0. The molecule has 0 rings (SSSR count). The Kier molecular flexibility index (Phi) is 10.8. The first-order valence-electron chi connectivity index (χ1n) is 5.04. The predicted molar refractivity (Wildman–Crippen MR) is 53.5 cm³/mol. The molecular weight excluding hydrogens is 264 g/mol. The van der Waals surface area contributed by atoms with E-state index < -0.39 is 62.2 Å². The molecule has 0 unspecified atom stereocenters. The lowest BCUT2D eigenvalue weighted by atomic mass is 10.8. The van der Waals surface area contributed by atoms with Gasteiger partial charge in [-0.3, -0.25) is 0 Å². The molecule has 0 aromatic carbocycles. The first kappa shape index (κ1) is 16.8. The summed E-state index contributed by atoms with van der Waals surface area (Å²) in [5.41, 5.74) is 0. The Labute approximate surface area is 98.3 Å². The van der Waals surface area contributed by atoms with E-state index in [-0.39, 0.29) is 0 Å². The molecule has 0 spiro atoms. The van der Waals surface area contributed by atoms with Crippen molar-refractivity contribution in [1.82, 2.24) is 0 Å². The SMILES string of the molecule is FCCO[Si](OCCF)(OCCF)OCCF. The summed E-state index contributed by atoms with van der Waals surface area (Å²) in [6.07, 6.45) is 0. The molecule has 0 aromatic rings. The smallest absolute Gasteiger partial charge is 0.348 e. The zero-order valence-corrected chi connectivity index (χ0v) is 10.3. The fourth-order valence-corrected chi connectivity index (χ4v) is 2.71. The Balaban J connectivity index is 4.39. The van der Waals surface area contributed by atoms with Crippen LogP contribution in [-0.4, -0.2) is 62.2 Å². The van der Waals surface area contributed by atoms with E-state index in [1.54, 1.807) is 0 Å². The number of alkyl halides is 4. The molecule has 17 heavy (non-hydrogen) atoms. The van der Waals surface area contributed by atoms with Crippen molar-refractivity contribution in [3.05, 3.63) is 0 Å². The fourth-order valence-electron chi connectivity index (χ4n) is 0.904. The second kappa shape index (κ2) is 10.9. The van der Waals surface area contributed by atoms with Gasteiger partial charge in [-0.25, -0.2) is 17.6 Å². The predicted octanol–water partition coefficient (Wildman–Crippen LogP) is 1.37. The molecule has 4 nitrogen and oxygen atoms in total. The largest absolute Gasteiger partial charge is 0.680 e. The van der Waals surface area contributed by atoms with Crippen molar-refractivity contribution in [2.24, 2.45) is 0 Å². The third-order valence-electron chi connectivity index (χ3n) is 1.42. The third kappa shape index (κ3) is 7.66. The van der Waals surface area contributed by atoms with Gasteiger partial charge in [0.15, 0.2) is 0 Å². The summed E-state index contributed by atoms with van der Waals surface area (Å²) >= 11 is 0. The zero-order chi connectivity index (χ0) is 13.0. The number of halogens is 4. The van der Waals surface area contributed by atoms with Crippen LogP contribution in [0, 0.1) is 0 Å². The summed E-state index contributed by atoms with van der Waals surface area (Å²) in [6.45, 7) is -4.99. The summed E-state index contributed by atoms with van der Waals surface area (Å²) in [5.74, 6) is 0. The van der Waals surface area contributed by atoms with E-state index in [1.165, 1.54) is 0 Å². The summed E-state index contributed by atoms with van der Waals surface area (Å²) < 4.78 is 67.5. The number of rotatable bonds is 12. The van der Waals surface area contributed by atoms with E-state index in [9.17, 15) is 17.6 Å². The Morgan fingerprint density at radius 3 is 0.941 bits per heavy atom. The monoisotopic (exact) mass is 280 g/mol. The van der Waals surface area contributed by atoms with Gasteiger partial charge >= 0.3 is 9.05 Å². The van der Waals surface area contributed by atoms with Crippen LogP contribution in [0.3, 0.4) is 0 Å². The lowest BCUT2D eigenvalue weighted by Crippen LogP contribution is -2.51. The maximum atomic E-state index is 12.0. The highest BCUT2D eigenvalue weighted by Crippen LogP contribution is 2.12. The topological polar surface area (TPSA) is 36.9 Å². The van der Waals surface area contributed by atoms with Gasteiger partial charge in [-0.2, -0.15) is 0 Å². The van der Waals surface area contributed by atoms with E-state index in [4.69, 9.17) is 17.7 Å². The van der Waals surface area contributed by atoms with Crippen LogP contribution < -0.4 is 0 Å². The van der Waals surface area contributed by atoms with Crippen molar-refractivity contribution in [3.63, 3.8) is 0 Å². The molecule has 0 atom stereocenters. The van der Waals surface area contributed by atoms with Crippen LogP contribution in [0.1, 0.15) is 0 Å². The molecule has 0 aliphatic rings. The molecule has 0 fully saturated rings. The van der Waals surface area contributed by atoms with Gasteiger partial charge in [-0.15, -0.1) is 0 Å². The van der Waals surface area contributed by atoms with Crippen LogP contribution in [0.4, 0.5) is 17.6 Å². The summed E-state index contributed by atoms with van der Waals surface area (Å²) in [6, 6.07) is 0. The molecule has 0 saturated heterocycles. The Hall–Kier alpha value is -0.223. The summed E-state index contributed by atoms with van der Waals surface area (Å²) in [5, 5.41) is 0. The lowest BCUT2D eigenvalue weighted by molar-refractivity contribution is -0.0425.